The third kappa shape index (κ3) is 4.60. The molecule has 0 aliphatic heterocycles. The molecular weight excluding hydrogens is 318 g/mol. The van der Waals surface area contributed by atoms with Crippen molar-refractivity contribution in [3.8, 4) is 0 Å². The first-order valence-electron chi connectivity index (χ1n) is 9.09. The molecule has 0 aliphatic carbocycles. The quantitative estimate of drug-likeness (QED) is 0.659. The Morgan fingerprint density at radius 3 is 1.92 bits per heavy atom. The summed E-state index contributed by atoms with van der Waals surface area (Å²) in [5.74, 6) is 0.0703. The fraction of sp³-hybridized carbons (Fsp3) is 0.208. The highest BCUT2D eigenvalue weighted by atomic mass is 16.1. The van der Waals surface area contributed by atoms with Crippen LogP contribution >= 0.6 is 0 Å². The van der Waals surface area contributed by atoms with Gasteiger partial charge in [0.25, 0.3) is 0 Å². The molecule has 0 heterocycles. The van der Waals surface area contributed by atoms with E-state index in [-0.39, 0.29) is 11.9 Å². The molecule has 0 saturated carbocycles. The second kappa shape index (κ2) is 8.48. The Balaban J connectivity index is 1.70. The van der Waals surface area contributed by atoms with Crippen LogP contribution in [0.4, 0.5) is 0 Å². The van der Waals surface area contributed by atoms with E-state index in [4.69, 9.17) is 0 Å². The van der Waals surface area contributed by atoms with Crippen LogP contribution in [0, 0.1) is 13.8 Å². The van der Waals surface area contributed by atoms with Crippen molar-refractivity contribution < 1.29 is 4.79 Å². The average molecular weight is 343 g/mol. The van der Waals surface area contributed by atoms with E-state index in [0.29, 0.717) is 6.42 Å². The SMILES string of the molecule is Cc1ccc(CCC(=O)NC(c2ccccc2)c2ccccc2)cc1C. The van der Waals surface area contributed by atoms with Gasteiger partial charge in [0.1, 0.15) is 0 Å². The van der Waals surface area contributed by atoms with Crippen molar-refractivity contribution >= 4 is 5.91 Å². The molecule has 0 bridgehead atoms. The van der Waals surface area contributed by atoms with Gasteiger partial charge in [0.15, 0.2) is 0 Å². The number of nitrogens with one attached hydrogen (secondary N) is 1. The molecule has 1 amide bonds. The number of benzene rings is 3. The van der Waals surface area contributed by atoms with E-state index in [1.807, 2.05) is 36.4 Å². The van der Waals surface area contributed by atoms with Gasteiger partial charge in [-0.05, 0) is 48.1 Å². The molecule has 3 aromatic rings. The fourth-order valence-corrected chi connectivity index (χ4v) is 3.10. The monoisotopic (exact) mass is 343 g/mol. The first-order chi connectivity index (χ1) is 12.6. The first-order valence-corrected chi connectivity index (χ1v) is 9.09. The van der Waals surface area contributed by atoms with Crippen molar-refractivity contribution in [3.63, 3.8) is 0 Å². The second-order valence-corrected chi connectivity index (χ2v) is 6.74. The Morgan fingerprint density at radius 1 is 0.808 bits per heavy atom. The van der Waals surface area contributed by atoms with Crippen LogP contribution in [0.25, 0.3) is 0 Å². The topological polar surface area (TPSA) is 29.1 Å². The average Bonchev–Trinajstić information content (AvgIpc) is 2.68. The van der Waals surface area contributed by atoms with Gasteiger partial charge in [-0.2, -0.15) is 0 Å². The molecule has 2 nitrogen and oxygen atoms in total. The molecule has 1 N–H and O–H groups in total. The highest BCUT2D eigenvalue weighted by Gasteiger charge is 2.16. The van der Waals surface area contributed by atoms with E-state index in [2.05, 4.69) is 61.6 Å². The van der Waals surface area contributed by atoms with Gasteiger partial charge in [-0.3, -0.25) is 4.79 Å². The molecule has 0 radical (unpaired) electrons. The zero-order chi connectivity index (χ0) is 18.4. The van der Waals surface area contributed by atoms with E-state index < -0.39 is 0 Å². The third-order valence-electron chi connectivity index (χ3n) is 4.78. The van der Waals surface area contributed by atoms with Crippen LogP contribution in [0.1, 0.15) is 40.3 Å². The van der Waals surface area contributed by atoms with Gasteiger partial charge in [-0.25, -0.2) is 0 Å². The Morgan fingerprint density at radius 2 is 1.38 bits per heavy atom. The lowest BCUT2D eigenvalue weighted by atomic mass is 9.98. The minimum atomic E-state index is -0.121. The third-order valence-corrected chi connectivity index (χ3v) is 4.78. The lowest BCUT2D eigenvalue weighted by Crippen LogP contribution is -2.29. The summed E-state index contributed by atoms with van der Waals surface area (Å²) in [4.78, 5) is 12.6. The highest BCUT2D eigenvalue weighted by molar-refractivity contribution is 5.77. The molecule has 26 heavy (non-hydrogen) atoms. The smallest absolute Gasteiger partial charge is 0.221 e. The van der Waals surface area contributed by atoms with Crippen molar-refractivity contribution in [2.75, 3.05) is 0 Å². The zero-order valence-electron chi connectivity index (χ0n) is 15.4. The van der Waals surface area contributed by atoms with E-state index >= 15 is 0 Å². The summed E-state index contributed by atoms with van der Waals surface area (Å²) in [5.41, 5.74) is 5.96. The van der Waals surface area contributed by atoms with Gasteiger partial charge in [0, 0.05) is 6.42 Å². The lowest BCUT2D eigenvalue weighted by Gasteiger charge is -2.20. The van der Waals surface area contributed by atoms with Gasteiger partial charge in [-0.1, -0.05) is 78.9 Å². The number of aryl methyl sites for hydroxylation is 3. The van der Waals surface area contributed by atoms with Crippen LogP contribution in [-0.4, -0.2) is 5.91 Å². The van der Waals surface area contributed by atoms with E-state index in [9.17, 15) is 4.79 Å². The summed E-state index contributed by atoms with van der Waals surface area (Å²) in [6, 6.07) is 26.5. The Labute approximate surface area is 155 Å². The number of carbonyl (C=O) groups excluding carboxylic acids is 1. The number of hydrogen-bond donors (Lipinski definition) is 1. The van der Waals surface area contributed by atoms with Crippen LogP contribution < -0.4 is 5.32 Å². The molecule has 0 spiro atoms. The molecule has 0 aliphatic rings. The summed E-state index contributed by atoms with van der Waals surface area (Å²) >= 11 is 0. The fourth-order valence-electron chi connectivity index (χ4n) is 3.10. The van der Waals surface area contributed by atoms with Gasteiger partial charge in [0.05, 0.1) is 6.04 Å². The lowest BCUT2D eigenvalue weighted by molar-refractivity contribution is -0.121. The number of amides is 1. The van der Waals surface area contributed by atoms with Gasteiger partial charge < -0.3 is 5.32 Å². The molecule has 0 atom stereocenters. The Bertz CT molecular complexity index is 816. The minimum absolute atomic E-state index is 0.0703. The summed E-state index contributed by atoms with van der Waals surface area (Å²) in [6.45, 7) is 4.22. The van der Waals surface area contributed by atoms with Crippen molar-refractivity contribution in [1.82, 2.24) is 5.32 Å². The highest BCUT2D eigenvalue weighted by Crippen LogP contribution is 2.22. The van der Waals surface area contributed by atoms with Crippen LogP contribution in [-0.2, 0) is 11.2 Å². The molecule has 3 aromatic carbocycles. The second-order valence-electron chi connectivity index (χ2n) is 6.74. The standard InChI is InChI=1S/C24H25NO/c1-18-13-14-20(17-19(18)2)15-16-23(26)25-24(21-9-5-3-6-10-21)22-11-7-4-8-12-22/h3-14,17,24H,15-16H2,1-2H3,(H,25,26). The molecule has 0 saturated heterocycles. The normalized spacial score (nSPS) is 10.7. The molecule has 0 unspecified atom stereocenters. The maximum atomic E-state index is 12.6. The Hall–Kier alpha value is -2.87. The number of rotatable bonds is 6. The van der Waals surface area contributed by atoms with Crippen molar-refractivity contribution in [3.05, 3.63) is 107 Å². The number of hydrogen-bond acceptors (Lipinski definition) is 1. The summed E-state index contributed by atoms with van der Waals surface area (Å²) in [5, 5.41) is 3.21. The first kappa shape index (κ1) is 17.9. The molecule has 0 aromatic heterocycles. The summed E-state index contributed by atoms with van der Waals surface area (Å²) < 4.78 is 0. The van der Waals surface area contributed by atoms with Crippen LogP contribution in [0.2, 0.25) is 0 Å². The van der Waals surface area contributed by atoms with E-state index in [0.717, 1.165) is 17.5 Å². The maximum Gasteiger partial charge on any atom is 0.221 e. The predicted octanol–water partition coefficient (Wildman–Crippen LogP) is 5.14. The van der Waals surface area contributed by atoms with E-state index in [1.165, 1.54) is 16.7 Å². The molecule has 2 heteroatoms. The number of carbonyl (C=O) groups is 1. The zero-order valence-corrected chi connectivity index (χ0v) is 15.4. The minimum Gasteiger partial charge on any atom is -0.345 e. The predicted molar refractivity (Wildman–Crippen MR) is 107 cm³/mol. The van der Waals surface area contributed by atoms with Crippen LogP contribution in [0.5, 0.6) is 0 Å². The van der Waals surface area contributed by atoms with Crippen molar-refractivity contribution in [2.24, 2.45) is 0 Å². The molecule has 132 valence electrons. The summed E-state index contributed by atoms with van der Waals surface area (Å²) in [6.07, 6.45) is 1.24. The molecular formula is C24H25NO. The summed E-state index contributed by atoms with van der Waals surface area (Å²) in [7, 11) is 0. The molecule has 0 fully saturated rings. The van der Waals surface area contributed by atoms with E-state index in [1.54, 1.807) is 0 Å². The van der Waals surface area contributed by atoms with Gasteiger partial charge in [-0.15, -0.1) is 0 Å². The van der Waals surface area contributed by atoms with Gasteiger partial charge in [0.2, 0.25) is 5.91 Å². The van der Waals surface area contributed by atoms with Crippen molar-refractivity contribution in [2.45, 2.75) is 32.7 Å². The maximum absolute atomic E-state index is 12.6. The van der Waals surface area contributed by atoms with Gasteiger partial charge >= 0.3 is 0 Å². The van der Waals surface area contributed by atoms with Crippen LogP contribution in [0.15, 0.2) is 78.9 Å². The molecule has 3 rings (SSSR count). The van der Waals surface area contributed by atoms with Crippen molar-refractivity contribution in [1.29, 1.82) is 0 Å². The largest absolute Gasteiger partial charge is 0.345 e. The van der Waals surface area contributed by atoms with Crippen LogP contribution in [0.3, 0.4) is 0 Å². The Kier molecular flexibility index (Phi) is 5.85.